The fourth-order valence-electron chi connectivity index (χ4n) is 4.72. The predicted octanol–water partition coefficient (Wildman–Crippen LogP) is 5.82. The highest BCUT2D eigenvalue weighted by Crippen LogP contribution is 2.39. The molecule has 0 spiro atoms. The highest BCUT2D eigenvalue weighted by atomic mass is 16.6. The number of fused-ring (bicyclic) bond motifs is 1. The molecule has 5 nitrogen and oxygen atoms in total. The molecule has 0 aliphatic carbocycles. The summed E-state index contributed by atoms with van der Waals surface area (Å²) in [5.74, 6) is 0. The Bertz CT molecular complexity index is 1040. The molecule has 2 aliphatic heterocycles. The summed E-state index contributed by atoms with van der Waals surface area (Å²) in [6.45, 7) is 10.8. The summed E-state index contributed by atoms with van der Waals surface area (Å²) in [6.07, 6.45) is 3.94. The molecule has 0 bridgehead atoms. The Balaban J connectivity index is 1.81. The molecule has 0 atom stereocenters. The van der Waals surface area contributed by atoms with Gasteiger partial charge in [-0.1, -0.05) is 29.8 Å². The number of aryl methyl sites for hydroxylation is 1. The number of amides is 1. The van der Waals surface area contributed by atoms with Gasteiger partial charge in [-0.25, -0.2) is 4.79 Å². The first-order valence-electron chi connectivity index (χ1n) is 11.7. The van der Waals surface area contributed by atoms with Gasteiger partial charge in [0.2, 0.25) is 0 Å². The number of hydrogen-bond donors (Lipinski definition) is 0. The van der Waals surface area contributed by atoms with Crippen LogP contribution in [0.2, 0.25) is 0 Å². The molecule has 0 N–H and O–H groups in total. The Kier molecular flexibility index (Phi) is 6.15. The number of anilines is 1. The monoisotopic (exact) mass is 431 g/mol. The average Bonchev–Trinajstić information content (AvgIpc) is 2.77. The second-order valence-electron chi connectivity index (χ2n) is 9.95. The summed E-state index contributed by atoms with van der Waals surface area (Å²) in [6, 6.07) is 13.2. The van der Waals surface area contributed by atoms with Crippen LogP contribution in [-0.2, 0) is 17.7 Å². The highest BCUT2D eigenvalue weighted by Gasteiger charge is 2.31. The van der Waals surface area contributed by atoms with Crippen LogP contribution in [0.25, 0.3) is 11.1 Å². The molecule has 2 aliphatic rings. The van der Waals surface area contributed by atoms with Crippen LogP contribution in [0.5, 0.6) is 0 Å². The lowest BCUT2D eigenvalue weighted by Crippen LogP contribution is -2.40. The second-order valence-corrected chi connectivity index (χ2v) is 9.95. The number of ether oxygens (including phenoxy) is 1. The minimum Gasteiger partial charge on any atom is -0.444 e. The zero-order valence-corrected chi connectivity index (χ0v) is 19.7. The minimum atomic E-state index is -0.535. The van der Waals surface area contributed by atoms with E-state index < -0.39 is 5.60 Å². The van der Waals surface area contributed by atoms with Gasteiger partial charge < -0.3 is 14.5 Å². The smallest absolute Gasteiger partial charge is 0.410 e. The van der Waals surface area contributed by atoms with E-state index in [2.05, 4.69) is 48.2 Å². The van der Waals surface area contributed by atoms with Gasteiger partial charge in [0.25, 0.3) is 0 Å². The van der Waals surface area contributed by atoms with E-state index in [9.17, 15) is 10.1 Å². The van der Waals surface area contributed by atoms with Crippen LogP contribution < -0.4 is 4.90 Å². The topological polar surface area (TPSA) is 56.6 Å². The fraction of sp³-hybridized carbons (Fsp3) is 0.481. The second kappa shape index (κ2) is 8.86. The summed E-state index contributed by atoms with van der Waals surface area (Å²) in [5, 5.41) is 10.1. The van der Waals surface area contributed by atoms with E-state index in [-0.39, 0.29) is 6.09 Å². The quantitative estimate of drug-likeness (QED) is 0.601. The maximum Gasteiger partial charge on any atom is 0.410 e. The molecule has 4 rings (SSSR count). The number of nitriles is 1. The summed E-state index contributed by atoms with van der Waals surface area (Å²) in [7, 11) is 0. The van der Waals surface area contributed by atoms with Crippen molar-refractivity contribution in [2.75, 3.05) is 24.5 Å². The lowest BCUT2D eigenvalue weighted by Gasteiger charge is -2.35. The van der Waals surface area contributed by atoms with Crippen molar-refractivity contribution < 1.29 is 9.53 Å². The van der Waals surface area contributed by atoms with Gasteiger partial charge in [0, 0.05) is 26.2 Å². The number of piperidine rings is 1. The van der Waals surface area contributed by atoms with Crippen LogP contribution in [-0.4, -0.2) is 36.2 Å². The van der Waals surface area contributed by atoms with Crippen LogP contribution in [0.4, 0.5) is 10.5 Å². The third kappa shape index (κ3) is 4.60. The van der Waals surface area contributed by atoms with Crippen LogP contribution in [0.3, 0.4) is 0 Å². The zero-order chi connectivity index (χ0) is 22.9. The minimum absolute atomic E-state index is 0.295. The van der Waals surface area contributed by atoms with Crippen molar-refractivity contribution in [2.24, 2.45) is 0 Å². The van der Waals surface area contributed by atoms with Gasteiger partial charge in [-0.3, -0.25) is 0 Å². The molecule has 32 heavy (non-hydrogen) atoms. The van der Waals surface area contributed by atoms with Crippen molar-refractivity contribution in [1.82, 2.24) is 4.90 Å². The Morgan fingerprint density at radius 2 is 1.72 bits per heavy atom. The molecule has 0 saturated carbocycles. The van der Waals surface area contributed by atoms with E-state index in [0.29, 0.717) is 19.5 Å². The molecule has 168 valence electrons. The van der Waals surface area contributed by atoms with E-state index in [4.69, 9.17) is 4.74 Å². The Morgan fingerprint density at radius 1 is 1.03 bits per heavy atom. The van der Waals surface area contributed by atoms with Gasteiger partial charge in [0.1, 0.15) is 11.7 Å². The van der Waals surface area contributed by atoms with Crippen molar-refractivity contribution in [2.45, 2.75) is 65.5 Å². The Hall–Kier alpha value is -3.00. The van der Waals surface area contributed by atoms with Crippen LogP contribution in [0.15, 0.2) is 30.3 Å². The van der Waals surface area contributed by atoms with Gasteiger partial charge in [-0.15, -0.1) is 0 Å². The number of hydrogen-bond acceptors (Lipinski definition) is 4. The molecule has 0 unspecified atom stereocenters. The third-order valence-corrected chi connectivity index (χ3v) is 6.33. The normalized spacial score (nSPS) is 16.3. The van der Waals surface area contributed by atoms with Crippen molar-refractivity contribution >= 4 is 11.8 Å². The molecule has 0 radical (unpaired) electrons. The number of benzene rings is 2. The maximum absolute atomic E-state index is 12.8. The van der Waals surface area contributed by atoms with Crippen molar-refractivity contribution in [3.8, 4) is 17.2 Å². The molecule has 0 aromatic heterocycles. The highest BCUT2D eigenvalue weighted by molar-refractivity contribution is 5.80. The first-order chi connectivity index (χ1) is 15.3. The van der Waals surface area contributed by atoms with Gasteiger partial charge in [0.15, 0.2) is 0 Å². The molecule has 1 fully saturated rings. The van der Waals surface area contributed by atoms with E-state index in [1.165, 1.54) is 12.0 Å². The number of nitrogens with zero attached hydrogens (tertiary/aromatic N) is 3. The number of carbonyl (C=O) groups is 1. The molecular weight excluding hydrogens is 398 g/mol. The van der Waals surface area contributed by atoms with Gasteiger partial charge in [-0.05, 0) is 81.7 Å². The van der Waals surface area contributed by atoms with Crippen molar-refractivity contribution in [3.63, 3.8) is 0 Å². The summed E-state index contributed by atoms with van der Waals surface area (Å²) < 4.78 is 5.64. The van der Waals surface area contributed by atoms with Gasteiger partial charge >= 0.3 is 6.09 Å². The number of carbonyl (C=O) groups excluding carboxylic acids is 1. The lowest BCUT2D eigenvalue weighted by atomic mass is 9.86. The van der Waals surface area contributed by atoms with E-state index in [1.54, 1.807) is 4.90 Å². The molecule has 2 aromatic rings. The van der Waals surface area contributed by atoms with Crippen LogP contribution >= 0.6 is 0 Å². The zero-order valence-electron chi connectivity index (χ0n) is 19.7. The Labute approximate surface area is 191 Å². The average molecular weight is 432 g/mol. The fourth-order valence-corrected chi connectivity index (χ4v) is 4.72. The van der Waals surface area contributed by atoms with Crippen molar-refractivity contribution in [3.05, 3.63) is 52.6 Å². The van der Waals surface area contributed by atoms with E-state index in [1.807, 2.05) is 20.8 Å². The van der Waals surface area contributed by atoms with Gasteiger partial charge in [-0.2, -0.15) is 5.26 Å². The van der Waals surface area contributed by atoms with Crippen LogP contribution in [0.1, 0.15) is 62.3 Å². The largest absolute Gasteiger partial charge is 0.444 e. The molecule has 1 amide bonds. The number of rotatable bonds is 2. The first kappa shape index (κ1) is 22.2. The summed E-state index contributed by atoms with van der Waals surface area (Å²) >= 11 is 0. The predicted molar refractivity (Wildman–Crippen MR) is 128 cm³/mol. The maximum atomic E-state index is 12.8. The SMILES string of the molecule is Cc1ccc(-c2cc(N3CCCCC3)c(C#N)c3c2CN(C(=O)OC(C)(C)C)CC3)cc1. The van der Waals surface area contributed by atoms with E-state index >= 15 is 0 Å². The molecule has 2 aromatic carbocycles. The van der Waals surface area contributed by atoms with E-state index in [0.717, 1.165) is 59.4 Å². The lowest BCUT2D eigenvalue weighted by molar-refractivity contribution is 0.0224. The van der Waals surface area contributed by atoms with Gasteiger partial charge in [0.05, 0.1) is 11.3 Å². The molecule has 2 heterocycles. The third-order valence-electron chi connectivity index (χ3n) is 6.33. The van der Waals surface area contributed by atoms with Crippen molar-refractivity contribution in [1.29, 1.82) is 5.26 Å². The summed E-state index contributed by atoms with van der Waals surface area (Å²) in [5.41, 5.74) is 6.91. The first-order valence-corrected chi connectivity index (χ1v) is 11.7. The summed E-state index contributed by atoms with van der Waals surface area (Å²) in [4.78, 5) is 17.0. The molecule has 5 heteroatoms. The standard InChI is InChI=1S/C27H33N3O2/c1-19-8-10-20(11-9-19)22-16-25(29-13-6-5-7-14-29)23(17-28)21-12-15-30(18-24(21)22)26(31)32-27(2,3)4/h8-11,16H,5-7,12-15,18H2,1-4H3. The molecular formula is C27H33N3O2. The van der Waals surface area contributed by atoms with Crippen LogP contribution in [0, 0.1) is 18.3 Å². The Morgan fingerprint density at radius 3 is 2.34 bits per heavy atom. The molecule has 1 saturated heterocycles.